The number of carbonyl (C=O) groups excluding carboxylic acids is 1. The lowest BCUT2D eigenvalue weighted by atomic mass is 10.2. The van der Waals surface area contributed by atoms with Crippen molar-refractivity contribution in [3.63, 3.8) is 0 Å². The molecule has 17 heavy (non-hydrogen) atoms. The molecule has 0 bridgehead atoms. The molecule has 5 heteroatoms. The maximum atomic E-state index is 11.6. The molecule has 0 saturated heterocycles. The number of thiophene rings is 1. The molecule has 0 spiro atoms. The first-order valence-corrected chi connectivity index (χ1v) is 7.47. The predicted octanol–water partition coefficient (Wildman–Crippen LogP) is 2.56. The SMILES string of the molecule is CCNC(C)CC(=O)NCCc1ccc(Br)s1. The highest BCUT2D eigenvalue weighted by Gasteiger charge is 2.07. The van der Waals surface area contributed by atoms with Crippen LogP contribution >= 0.6 is 27.3 Å². The molecule has 1 aromatic rings. The van der Waals surface area contributed by atoms with Crippen LogP contribution in [-0.2, 0) is 11.2 Å². The molecule has 0 aliphatic rings. The van der Waals surface area contributed by atoms with Crippen LogP contribution in [0.25, 0.3) is 0 Å². The van der Waals surface area contributed by atoms with Gasteiger partial charge < -0.3 is 10.6 Å². The monoisotopic (exact) mass is 318 g/mol. The lowest BCUT2D eigenvalue weighted by Crippen LogP contribution is -2.34. The van der Waals surface area contributed by atoms with Gasteiger partial charge in [-0.3, -0.25) is 4.79 Å². The number of halogens is 1. The predicted molar refractivity (Wildman–Crippen MR) is 76.5 cm³/mol. The average Bonchev–Trinajstić information content (AvgIpc) is 2.64. The van der Waals surface area contributed by atoms with Gasteiger partial charge in [-0.2, -0.15) is 0 Å². The van der Waals surface area contributed by atoms with Crippen LogP contribution in [0.15, 0.2) is 15.9 Å². The molecule has 96 valence electrons. The van der Waals surface area contributed by atoms with E-state index in [2.05, 4.69) is 32.6 Å². The van der Waals surface area contributed by atoms with Gasteiger partial charge in [0.2, 0.25) is 5.91 Å². The Kier molecular flexibility index (Phi) is 6.77. The van der Waals surface area contributed by atoms with Crippen molar-refractivity contribution in [2.24, 2.45) is 0 Å². The molecule has 0 saturated carbocycles. The summed E-state index contributed by atoms with van der Waals surface area (Å²) in [6.45, 7) is 5.69. The summed E-state index contributed by atoms with van der Waals surface area (Å²) >= 11 is 5.14. The lowest BCUT2D eigenvalue weighted by molar-refractivity contribution is -0.121. The molecule has 1 aromatic heterocycles. The maximum Gasteiger partial charge on any atom is 0.221 e. The molecule has 0 aliphatic heterocycles. The first-order chi connectivity index (χ1) is 8.11. The Morgan fingerprint density at radius 3 is 2.88 bits per heavy atom. The van der Waals surface area contributed by atoms with E-state index in [1.54, 1.807) is 11.3 Å². The second-order valence-electron chi connectivity index (χ2n) is 3.97. The summed E-state index contributed by atoms with van der Waals surface area (Å²) < 4.78 is 1.14. The van der Waals surface area contributed by atoms with Gasteiger partial charge in [0.1, 0.15) is 0 Å². The second-order valence-corrected chi connectivity index (χ2v) is 6.52. The zero-order valence-corrected chi connectivity index (χ0v) is 12.7. The summed E-state index contributed by atoms with van der Waals surface area (Å²) in [7, 11) is 0. The van der Waals surface area contributed by atoms with Crippen LogP contribution in [0.2, 0.25) is 0 Å². The van der Waals surface area contributed by atoms with Crippen molar-refractivity contribution in [3.05, 3.63) is 20.8 Å². The van der Waals surface area contributed by atoms with Crippen molar-refractivity contribution in [2.75, 3.05) is 13.1 Å². The van der Waals surface area contributed by atoms with E-state index in [-0.39, 0.29) is 11.9 Å². The van der Waals surface area contributed by atoms with Gasteiger partial charge in [-0.05, 0) is 48.0 Å². The van der Waals surface area contributed by atoms with Crippen LogP contribution in [-0.4, -0.2) is 25.0 Å². The van der Waals surface area contributed by atoms with E-state index >= 15 is 0 Å². The van der Waals surface area contributed by atoms with Crippen molar-refractivity contribution in [2.45, 2.75) is 32.7 Å². The molecule has 1 rings (SSSR count). The van der Waals surface area contributed by atoms with E-state index < -0.39 is 0 Å². The summed E-state index contributed by atoms with van der Waals surface area (Å²) in [5.41, 5.74) is 0. The molecule has 1 heterocycles. The molecular weight excluding hydrogens is 300 g/mol. The zero-order valence-electron chi connectivity index (χ0n) is 10.3. The molecule has 0 radical (unpaired) electrons. The topological polar surface area (TPSA) is 41.1 Å². The number of amides is 1. The Morgan fingerprint density at radius 1 is 1.53 bits per heavy atom. The largest absolute Gasteiger partial charge is 0.356 e. The summed E-state index contributed by atoms with van der Waals surface area (Å²) in [5.74, 6) is 0.120. The summed E-state index contributed by atoms with van der Waals surface area (Å²) in [5, 5.41) is 6.16. The second kappa shape index (κ2) is 7.84. The van der Waals surface area contributed by atoms with Crippen molar-refractivity contribution >= 4 is 33.2 Å². The third-order valence-electron chi connectivity index (χ3n) is 2.37. The first kappa shape index (κ1) is 14.7. The van der Waals surface area contributed by atoms with Crippen LogP contribution in [0.4, 0.5) is 0 Å². The Balaban J connectivity index is 2.16. The van der Waals surface area contributed by atoms with Crippen molar-refractivity contribution in [1.29, 1.82) is 0 Å². The first-order valence-electron chi connectivity index (χ1n) is 5.86. The van der Waals surface area contributed by atoms with E-state index in [4.69, 9.17) is 0 Å². The number of hydrogen-bond donors (Lipinski definition) is 2. The van der Waals surface area contributed by atoms with Gasteiger partial charge in [-0.1, -0.05) is 6.92 Å². The summed E-state index contributed by atoms with van der Waals surface area (Å²) in [6.07, 6.45) is 1.44. The summed E-state index contributed by atoms with van der Waals surface area (Å²) in [6, 6.07) is 4.37. The maximum absolute atomic E-state index is 11.6. The molecule has 2 N–H and O–H groups in total. The van der Waals surface area contributed by atoms with Crippen LogP contribution in [0.3, 0.4) is 0 Å². The molecule has 1 atom stereocenters. The molecule has 1 unspecified atom stereocenters. The Bertz CT molecular complexity index is 354. The normalized spacial score (nSPS) is 12.4. The van der Waals surface area contributed by atoms with Crippen molar-refractivity contribution in [3.8, 4) is 0 Å². The molecule has 3 nitrogen and oxygen atoms in total. The van der Waals surface area contributed by atoms with Gasteiger partial charge in [-0.15, -0.1) is 11.3 Å². The molecule has 1 amide bonds. The van der Waals surface area contributed by atoms with Crippen molar-refractivity contribution in [1.82, 2.24) is 10.6 Å². The Morgan fingerprint density at radius 2 is 2.29 bits per heavy atom. The smallest absolute Gasteiger partial charge is 0.221 e. The standard InChI is InChI=1S/C12H19BrN2OS/c1-3-14-9(2)8-12(16)15-7-6-10-4-5-11(13)17-10/h4-5,9,14H,3,6-8H2,1-2H3,(H,15,16). The number of hydrogen-bond acceptors (Lipinski definition) is 3. The van der Waals surface area contributed by atoms with E-state index in [1.165, 1.54) is 4.88 Å². The Hall–Kier alpha value is -0.390. The molecule has 0 aromatic carbocycles. The van der Waals surface area contributed by atoms with E-state index in [0.717, 1.165) is 16.8 Å². The van der Waals surface area contributed by atoms with Crippen LogP contribution in [0, 0.1) is 0 Å². The Labute approximate surface area is 115 Å². The minimum atomic E-state index is 0.120. The molecule has 0 fully saturated rings. The van der Waals surface area contributed by atoms with Gasteiger partial charge >= 0.3 is 0 Å². The molecule has 0 aliphatic carbocycles. The minimum Gasteiger partial charge on any atom is -0.356 e. The lowest BCUT2D eigenvalue weighted by Gasteiger charge is -2.11. The van der Waals surface area contributed by atoms with E-state index in [1.807, 2.05) is 19.9 Å². The van der Waals surface area contributed by atoms with Crippen molar-refractivity contribution < 1.29 is 4.79 Å². The van der Waals surface area contributed by atoms with Gasteiger partial charge in [0.05, 0.1) is 3.79 Å². The van der Waals surface area contributed by atoms with Crippen LogP contribution < -0.4 is 10.6 Å². The van der Waals surface area contributed by atoms with Crippen LogP contribution in [0.5, 0.6) is 0 Å². The number of rotatable bonds is 7. The molecular formula is C12H19BrN2OS. The summed E-state index contributed by atoms with van der Waals surface area (Å²) in [4.78, 5) is 12.9. The van der Waals surface area contributed by atoms with Gasteiger partial charge in [0.15, 0.2) is 0 Å². The fraction of sp³-hybridized carbons (Fsp3) is 0.583. The highest BCUT2D eigenvalue weighted by atomic mass is 79.9. The van der Waals surface area contributed by atoms with Gasteiger partial charge in [-0.25, -0.2) is 0 Å². The average molecular weight is 319 g/mol. The third-order valence-corrected chi connectivity index (χ3v) is 4.05. The van der Waals surface area contributed by atoms with Gasteiger partial charge in [0.25, 0.3) is 0 Å². The highest BCUT2D eigenvalue weighted by Crippen LogP contribution is 2.21. The fourth-order valence-corrected chi connectivity index (χ4v) is 3.06. The van der Waals surface area contributed by atoms with Gasteiger partial charge in [0, 0.05) is 23.9 Å². The number of nitrogens with one attached hydrogen (secondary N) is 2. The minimum absolute atomic E-state index is 0.120. The van der Waals surface area contributed by atoms with E-state index in [0.29, 0.717) is 13.0 Å². The fourth-order valence-electron chi connectivity index (χ4n) is 1.58. The number of carbonyl (C=O) groups is 1. The van der Waals surface area contributed by atoms with E-state index in [9.17, 15) is 4.79 Å². The quantitative estimate of drug-likeness (QED) is 0.811. The highest BCUT2D eigenvalue weighted by molar-refractivity contribution is 9.11. The third kappa shape index (κ3) is 6.19. The van der Waals surface area contributed by atoms with Crippen LogP contribution in [0.1, 0.15) is 25.1 Å². The zero-order chi connectivity index (χ0) is 12.7.